The minimum atomic E-state index is -3.01. The Morgan fingerprint density at radius 3 is 2.74 bits per heavy atom. The highest BCUT2D eigenvalue weighted by Crippen LogP contribution is 2.25. The Kier molecular flexibility index (Phi) is 4.73. The summed E-state index contributed by atoms with van der Waals surface area (Å²) in [7, 11) is -3.01. The second-order valence-corrected chi connectivity index (χ2v) is 8.68. The largest absolute Gasteiger partial charge is 0.307 e. The van der Waals surface area contributed by atoms with E-state index in [0.717, 1.165) is 48.8 Å². The molecular weight excluding hydrogens is 310 g/mol. The number of fused-ring (bicyclic) bond motifs is 1. The van der Waals surface area contributed by atoms with E-state index in [2.05, 4.69) is 29.5 Å². The molecule has 3 rings (SSSR count). The third kappa shape index (κ3) is 3.43. The fraction of sp³-hybridized carbons (Fsp3) is 0.588. The van der Waals surface area contributed by atoms with Crippen LogP contribution in [0, 0.1) is 0 Å². The molecule has 0 bridgehead atoms. The van der Waals surface area contributed by atoms with Crippen LogP contribution in [-0.2, 0) is 22.9 Å². The van der Waals surface area contributed by atoms with Gasteiger partial charge in [-0.1, -0.05) is 31.0 Å². The van der Waals surface area contributed by atoms with Crippen LogP contribution >= 0.6 is 0 Å². The zero-order chi connectivity index (χ0) is 16.4. The van der Waals surface area contributed by atoms with E-state index >= 15 is 0 Å². The van der Waals surface area contributed by atoms with E-state index < -0.39 is 9.84 Å². The van der Waals surface area contributed by atoms with Gasteiger partial charge >= 0.3 is 0 Å². The van der Waals surface area contributed by atoms with Crippen LogP contribution in [0.25, 0.3) is 10.9 Å². The number of hydrogen-bond donors (Lipinski definition) is 1. The molecule has 5 nitrogen and oxygen atoms in total. The van der Waals surface area contributed by atoms with E-state index in [-0.39, 0.29) is 11.3 Å². The molecular formula is C17H25N3O2S. The van der Waals surface area contributed by atoms with Crippen molar-refractivity contribution in [2.24, 2.45) is 0 Å². The summed E-state index contributed by atoms with van der Waals surface area (Å²) in [6, 6.07) is 8.24. The van der Waals surface area contributed by atoms with Crippen molar-refractivity contribution >= 4 is 20.7 Å². The van der Waals surface area contributed by atoms with E-state index in [4.69, 9.17) is 0 Å². The van der Waals surface area contributed by atoms with Crippen LogP contribution in [0.1, 0.15) is 38.3 Å². The van der Waals surface area contributed by atoms with Gasteiger partial charge in [0.05, 0.1) is 16.5 Å². The summed E-state index contributed by atoms with van der Waals surface area (Å²) in [5.74, 6) is 0. The number of aryl methyl sites for hydroxylation is 1. The normalized spacial score (nSPS) is 22.5. The average Bonchev–Trinajstić information content (AvgIpc) is 2.90. The molecule has 0 aliphatic heterocycles. The van der Waals surface area contributed by atoms with E-state index in [9.17, 15) is 8.42 Å². The maximum atomic E-state index is 12.0. The number of benzene rings is 1. The minimum absolute atomic E-state index is 0.0317. The first kappa shape index (κ1) is 16.5. The molecule has 6 heteroatoms. The van der Waals surface area contributed by atoms with E-state index in [1.807, 2.05) is 16.8 Å². The van der Waals surface area contributed by atoms with Crippen LogP contribution in [0.15, 0.2) is 24.3 Å². The van der Waals surface area contributed by atoms with Crippen molar-refractivity contribution in [3.63, 3.8) is 0 Å². The lowest BCUT2D eigenvalue weighted by Crippen LogP contribution is -2.45. The Morgan fingerprint density at radius 2 is 2.00 bits per heavy atom. The molecule has 0 saturated heterocycles. The van der Waals surface area contributed by atoms with Crippen LogP contribution < -0.4 is 5.32 Å². The van der Waals surface area contributed by atoms with Crippen molar-refractivity contribution < 1.29 is 8.42 Å². The molecule has 1 N–H and O–H groups in total. The summed E-state index contributed by atoms with van der Waals surface area (Å²) in [6.07, 6.45) is 5.14. The number of rotatable bonds is 5. The van der Waals surface area contributed by atoms with Crippen molar-refractivity contribution in [2.45, 2.75) is 57.0 Å². The molecule has 1 aromatic carbocycles. The lowest BCUT2D eigenvalue weighted by Gasteiger charge is -2.30. The Bertz CT molecular complexity index is 782. The molecule has 23 heavy (non-hydrogen) atoms. The van der Waals surface area contributed by atoms with Gasteiger partial charge in [-0.25, -0.2) is 8.42 Å². The lowest BCUT2D eigenvalue weighted by molar-refractivity contribution is 0.369. The lowest BCUT2D eigenvalue weighted by atomic mass is 9.95. The molecule has 0 amide bonds. The van der Waals surface area contributed by atoms with Crippen LogP contribution in [0.4, 0.5) is 0 Å². The Labute approximate surface area is 138 Å². The van der Waals surface area contributed by atoms with Crippen molar-refractivity contribution in [3.8, 4) is 0 Å². The van der Waals surface area contributed by atoms with Crippen LogP contribution in [0.5, 0.6) is 0 Å². The number of hydrogen-bond acceptors (Lipinski definition) is 4. The highest BCUT2D eigenvalue weighted by Gasteiger charge is 2.32. The average molecular weight is 335 g/mol. The van der Waals surface area contributed by atoms with E-state index in [1.54, 1.807) is 0 Å². The molecule has 2 aromatic rings. The second kappa shape index (κ2) is 6.61. The quantitative estimate of drug-likeness (QED) is 0.912. The Hall–Kier alpha value is -1.40. The molecule has 1 aliphatic rings. The molecule has 0 unspecified atom stereocenters. The van der Waals surface area contributed by atoms with E-state index in [0.29, 0.717) is 6.54 Å². The van der Waals surface area contributed by atoms with Gasteiger partial charge in [-0.15, -0.1) is 0 Å². The van der Waals surface area contributed by atoms with Gasteiger partial charge in [0.1, 0.15) is 0 Å². The van der Waals surface area contributed by atoms with Crippen LogP contribution in [0.2, 0.25) is 0 Å². The SMILES string of the molecule is CCn1nc(CN[C@@H]2CCCC[C@H]2S(C)(=O)=O)c2ccccc21. The van der Waals surface area contributed by atoms with Crippen LogP contribution in [-0.4, -0.2) is 35.7 Å². The summed E-state index contributed by atoms with van der Waals surface area (Å²) in [4.78, 5) is 0. The third-order valence-corrected chi connectivity index (χ3v) is 6.48. The topological polar surface area (TPSA) is 64.0 Å². The number of nitrogens with zero attached hydrogens (tertiary/aromatic N) is 2. The summed E-state index contributed by atoms with van der Waals surface area (Å²) in [6.45, 7) is 3.53. The highest BCUT2D eigenvalue weighted by molar-refractivity contribution is 7.91. The van der Waals surface area contributed by atoms with Gasteiger partial charge in [-0.3, -0.25) is 4.68 Å². The first-order valence-electron chi connectivity index (χ1n) is 8.37. The first-order valence-corrected chi connectivity index (χ1v) is 10.3. The predicted molar refractivity (Wildman–Crippen MR) is 93.1 cm³/mol. The molecule has 1 heterocycles. The maximum absolute atomic E-state index is 12.0. The third-order valence-electron chi connectivity index (χ3n) is 4.82. The van der Waals surface area contributed by atoms with Gasteiger partial charge in [-0.05, 0) is 25.8 Å². The molecule has 0 radical (unpaired) electrons. The zero-order valence-electron chi connectivity index (χ0n) is 13.8. The Morgan fingerprint density at radius 1 is 1.26 bits per heavy atom. The molecule has 1 aliphatic carbocycles. The molecule has 1 fully saturated rings. The van der Waals surface area contributed by atoms with Gasteiger partial charge in [0.25, 0.3) is 0 Å². The van der Waals surface area contributed by atoms with Gasteiger partial charge in [0.15, 0.2) is 9.84 Å². The van der Waals surface area contributed by atoms with Crippen molar-refractivity contribution in [1.82, 2.24) is 15.1 Å². The first-order chi connectivity index (χ1) is 11.0. The van der Waals surface area contributed by atoms with E-state index in [1.165, 1.54) is 6.26 Å². The van der Waals surface area contributed by atoms with Gasteiger partial charge in [0, 0.05) is 30.8 Å². The van der Waals surface area contributed by atoms with Gasteiger partial charge in [0.2, 0.25) is 0 Å². The summed E-state index contributed by atoms with van der Waals surface area (Å²) in [5, 5.41) is 9.03. The van der Waals surface area contributed by atoms with Crippen LogP contribution in [0.3, 0.4) is 0 Å². The molecule has 0 spiro atoms. The minimum Gasteiger partial charge on any atom is -0.307 e. The molecule has 126 valence electrons. The molecule has 1 aromatic heterocycles. The summed E-state index contributed by atoms with van der Waals surface area (Å²) >= 11 is 0. The molecule has 1 saturated carbocycles. The summed E-state index contributed by atoms with van der Waals surface area (Å²) in [5.41, 5.74) is 2.13. The zero-order valence-corrected chi connectivity index (χ0v) is 14.6. The number of sulfone groups is 1. The monoisotopic (exact) mass is 335 g/mol. The Balaban J connectivity index is 1.80. The fourth-order valence-electron chi connectivity index (χ4n) is 3.64. The van der Waals surface area contributed by atoms with Gasteiger partial charge in [-0.2, -0.15) is 5.10 Å². The summed E-state index contributed by atoms with van der Waals surface area (Å²) < 4.78 is 26.0. The van der Waals surface area contributed by atoms with Crippen molar-refractivity contribution in [2.75, 3.05) is 6.26 Å². The number of aromatic nitrogens is 2. The highest BCUT2D eigenvalue weighted by atomic mass is 32.2. The van der Waals surface area contributed by atoms with Crippen molar-refractivity contribution in [3.05, 3.63) is 30.0 Å². The number of para-hydroxylation sites is 1. The molecule has 2 atom stereocenters. The predicted octanol–water partition coefficient (Wildman–Crippen LogP) is 2.50. The van der Waals surface area contributed by atoms with Crippen molar-refractivity contribution in [1.29, 1.82) is 0 Å². The number of nitrogens with one attached hydrogen (secondary N) is 1. The standard InChI is InChI=1S/C17H25N3O2S/c1-3-20-16-10-6-4-8-13(16)15(19-20)12-18-14-9-5-7-11-17(14)23(2,21)22/h4,6,8,10,14,17-18H,3,5,7,9,11-12H2,1-2H3/t14-,17-/m1/s1. The second-order valence-electron chi connectivity index (χ2n) is 6.42. The smallest absolute Gasteiger partial charge is 0.151 e. The van der Waals surface area contributed by atoms with Gasteiger partial charge < -0.3 is 5.32 Å². The fourth-order valence-corrected chi connectivity index (χ4v) is 5.06. The maximum Gasteiger partial charge on any atom is 0.151 e.